The standard InChI is InChI=1S/C50H46O20/c1-63-35-20-28(10-15-32(35)55)43(59)38(23-51)66-34-16-5-26(19-36(34)64-2)7-17-40(57)65-24-39-44(60)48(69-41(58)18-6-25-3-11-29(52)12-4-25)46(62)50(68-39)70-49-45(61)42-33(56)21-31(54)22-37(42)67-47(49)27-8-13-30(53)14-9-27/h3-22,38-39,43-44,46,48,50-56,59-60,62H,23-24H2,1-2H3/b17-7+,18-6-/t38-,39-,43-,44-,46-,48+,50+/m1/s1. The molecular formula is C50H46O20. The molecule has 0 unspecified atom stereocenters. The maximum atomic E-state index is 14.1. The molecule has 0 aliphatic carbocycles. The number of hydrogen-bond donors (Lipinski definition) is 9. The first-order valence-corrected chi connectivity index (χ1v) is 21.1. The van der Waals surface area contributed by atoms with Crippen LogP contribution in [0.2, 0.25) is 0 Å². The highest BCUT2D eigenvalue weighted by Crippen LogP contribution is 2.39. The summed E-state index contributed by atoms with van der Waals surface area (Å²) in [6, 6.07) is 21.6. The number of carbonyl (C=O) groups is 2. The van der Waals surface area contributed by atoms with Gasteiger partial charge >= 0.3 is 11.9 Å². The third-order valence-corrected chi connectivity index (χ3v) is 10.8. The average Bonchev–Trinajstić information content (AvgIpc) is 3.34. The highest BCUT2D eigenvalue weighted by Gasteiger charge is 2.49. The molecule has 366 valence electrons. The number of phenols is 5. The largest absolute Gasteiger partial charge is 0.508 e. The number of benzene rings is 5. The molecule has 7 rings (SSSR count). The van der Waals surface area contributed by atoms with Crippen molar-refractivity contribution in [2.75, 3.05) is 27.4 Å². The first-order chi connectivity index (χ1) is 33.6. The molecule has 5 aromatic carbocycles. The second kappa shape index (κ2) is 21.8. The van der Waals surface area contributed by atoms with E-state index in [0.717, 1.165) is 24.3 Å². The summed E-state index contributed by atoms with van der Waals surface area (Å²) in [5.74, 6) is -4.13. The van der Waals surface area contributed by atoms with Crippen LogP contribution >= 0.6 is 0 Å². The van der Waals surface area contributed by atoms with Gasteiger partial charge in [0.05, 0.1) is 20.8 Å². The van der Waals surface area contributed by atoms with Gasteiger partial charge in [0.25, 0.3) is 0 Å². The Balaban J connectivity index is 1.11. The molecule has 1 aromatic heterocycles. The Morgan fingerprint density at radius 2 is 1.37 bits per heavy atom. The molecule has 1 saturated heterocycles. The first-order valence-electron chi connectivity index (χ1n) is 21.1. The minimum Gasteiger partial charge on any atom is -0.508 e. The zero-order valence-electron chi connectivity index (χ0n) is 37.0. The van der Waals surface area contributed by atoms with Crippen LogP contribution in [0, 0.1) is 0 Å². The summed E-state index contributed by atoms with van der Waals surface area (Å²) in [5.41, 5.74) is 0.00437. The number of carbonyl (C=O) groups excluding carboxylic acids is 2. The molecule has 0 bridgehead atoms. The predicted molar refractivity (Wildman–Crippen MR) is 245 cm³/mol. The smallest absolute Gasteiger partial charge is 0.331 e. The first kappa shape index (κ1) is 49.6. The summed E-state index contributed by atoms with van der Waals surface area (Å²) in [6.07, 6.45) is -7.31. The van der Waals surface area contributed by atoms with Gasteiger partial charge in [-0.25, -0.2) is 9.59 Å². The molecule has 1 fully saturated rings. The van der Waals surface area contributed by atoms with Gasteiger partial charge in [0, 0.05) is 29.8 Å². The summed E-state index contributed by atoms with van der Waals surface area (Å²) in [7, 11) is 2.68. The number of phenolic OH excluding ortho intramolecular Hbond substituents is 5. The maximum absolute atomic E-state index is 14.1. The predicted octanol–water partition coefficient (Wildman–Crippen LogP) is 4.19. The lowest BCUT2D eigenvalue weighted by Gasteiger charge is -2.41. The van der Waals surface area contributed by atoms with E-state index < -0.39 is 96.1 Å². The third kappa shape index (κ3) is 11.3. The summed E-state index contributed by atoms with van der Waals surface area (Å²) in [6.45, 7) is -1.37. The van der Waals surface area contributed by atoms with Gasteiger partial charge in [-0.15, -0.1) is 0 Å². The molecule has 7 atom stereocenters. The lowest BCUT2D eigenvalue weighted by atomic mass is 9.98. The Morgan fingerprint density at radius 3 is 2.06 bits per heavy atom. The fourth-order valence-electron chi connectivity index (χ4n) is 7.21. The van der Waals surface area contributed by atoms with E-state index in [1.807, 2.05) is 0 Å². The van der Waals surface area contributed by atoms with Crippen molar-refractivity contribution in [1.29, 1.82) is 0 Å². The summed E-state index contributed by atoms with van der Waals surface area (Å²) in [4.78, 5) is 40.4. The van der Waals surface area contributed by atoms with E-state index in [1.165, 1.54) is 111 Å². The van der Waals surface area contributed by atoms with Gasteiger partial charge < -0.3 is 83.5 Å². The fourth-order valence-corrected chi connectivity index (χ4v) is 7.21. The van der Waals surface area contributed by atoms with Crippen LogP contribution in [-0.4, -0.2) is 122 Å². The van der Waals surface area contributed by atoms with Gasteiger partial charge in [-0.3, -0.25) is 4.79 Å². The number of aliphatic hydroxyl groups is 4. The Kier molecular flexibility index (Phi) is 15.4. The van der Waals surface area contributed by atoms with Crippen molar-refractivity contribution in [1.82, 2.24) is 0 Å². The van der Waals surface area contributed by atoms with Gasteiger partial charge in [0.15, 0.2) is 47.1 Å². The van der Waals surface area contributed by atoms with Crippen LogP contribution in [-0.2, 0) is 23.8 Å². The molecule has 1 aliphatic rings. The average molecular weight is 967 g/mol. The zero-order valence-corrected chi connectivity index (χ0v) is 37.0. The van der Waals surface area contributed by atoms with E-state index in [4.69, 9.17) is 37.6 Å². The molecule has 1 aliphatic heterocycles. The van der Waals surface area contributed by atoms with E-state index in [0.29, 0.717) is 11.1 Å². The SMILES string of the molecule is COc1cc([C@@H](O)[C@@H](CO)Oc2ccc(/C=C/C(=O)OC[C@H]3O[C@@H](Oc4c(-c5ccc(O)cc5)oc5cc(O)cc(O)c5c4=O)[C@H](O)[C@@H](OC(=O)/C=C\c4ccc(O)cc4)[C@@H]3O)cc2OC)ccc1O. The number of fused-ring (bicyclic) bond motifs is 1. The van der Waals surface area contributed by atoms with E-state index in [-0.39, 0.29) is 57.0 Å². The highest BCUT2D eigenvalue weighted by atomic mass is 16.7. The van der Waals surface area contributed by atoms with Crippen molar-refractivity contribution < 1.29 is 93.1 Å². The molecule has 0 spiro atoms. The van der Waals surface area contributed by atoms with E-state index in [9.17, 15) is 60.3 Å². The number of rotatable bonds is 17. The minimum atomic E-state index is -2.06. The van der Waals surface area contributed by atoms with Crippen LogP contribution in [0.15, 0.2) is 118 Å². The van der Waals surface area contributed by atoms with E-state index in [2.05, 4.69) is 0 Å². The quantitative estimate of drug-likeness (QED) is 0.0457. The molecule has 9 N–H and O–H groups in total. The molecule has 6 aromatic rings. The Hall–Kier alpha value is -8.27. The van der Waals surface area contributed by atoms with Crippen LogP contribution < -0.4 is 24.4 Å². The van der Waals surface area contributed by atoms with Crippen molar-refractivity contribution in [3.05, 3.63) is 136 Å². The fraction of sp³-hybridized carbons (Fsp3) is 0.220. The van der Waals surface area contributed by atoms with Crippen molar-refractivity contribution in [2.45, 2.75) is 42.9 Å². The Morgan fingerprint density at radius 1 is 0.714 bits per heavy atom. The molecule has 20 heteroatoms. The summed E-state index contributed by atoms with van der Waals surface area (Å²) >= 11 is 0. The lowest BCUT2D eigenvalue weighted by Crippen LogP contribution is -2.61. The van der Waals surface area contributed by atoms with Gasteiger partial charge in [-0.2, -0.15) is 0 Å². The van der Waals surface area contributed by atoms with Gasteiger partial charge in [-0.1, -0.05) is 24.3 Å². The van der Waals surface area contributed by atoms with Crippen LogP contribution in [0.4, 0.5) is 0 Å². The number of methoxy groups -OCH3 is 2. The van der Waals surface area contributed by atoms with Crippen molar-refractivity contribution in [3.8, 4) is 63.1 Å². The molecule has 2 heterocycles. The maximum Gasteiger partial charge on any atom is 0.331 e. The van der Waals surface area contributed by atoms with E-state index >= 15 is 0 Å². The molecule has 0 amide bonds. The Bertz CT molecular complexity index is 2950. The summed E-state index contributed by atoms with van der Waals surface area (Å²) < 4.78 is 45.2. The van der Waals surface area contributed by atoms with E-state index in [1.54, 1.807) is 0 Å². The molecule has 0 radical (unpaired) electrons. The van der Waals surface area contributed by atoms with Crippen LogP contribution in [0.1, 0.15) is 22.8 Å². The summed E-state index contributed by atoms with van der Waals surface area (Å²) in [5, 5.41) is 94.0. The number of ether oxygens (including phenoxy) is 7. The monoisotopic (exact) mass is 966 g/mol. The van der Waals surface area contributed by atoms with Crippen molar-refractivity contribution >= 4 is 35.1 Å². The zero-order chi connectivity index (χ0) is 50.2. The second-order valence-electron chi connectivity index (χ2n) is 15.5. The van der Waals surface area contributed by atoms with Crippen LogP contribution in [0.3, 0.4) is 0 Å². The normalized spacial score (nSPS) is 18.9. The highest BCUT2D eigenvalue weighted by molar-refractivity contribution is 5.89. The van der Waals surface area contributed by atoms with Gasteiger partial charge in [0.2, 0.25) is 17.5 Å². The number of aromatic hydroxyl groups is 5. The second-order valence-corrected chi connectivity index (χ2v) is 15.5. The molecule has 20 nitrogen and oxygen atoms in total. The molecular weight excluding hydrogens is 921 g/mol. The Labute approximate surface area is 396 Å². The van der Waals surface area contributed by atoms with Crippen molar-refractivity contribution in [3.63, 3.8) is 0 Å². The lowest BCUT2D eigenvalue weighted by molar-refractivity contribution is -0.281. The number of hydrogen-bond acceptors (Lipinski definition) is 20. The topological polar surface area (TPSA) is 311 Å². The third-order valence-electron chi connectivity index (χ3n) is 10.8. The number of esters is 2. The van der Waals surface area contributed by atoms with Crippen LogP contribution in [0.5, 0.6) is 51.7 Å². The van der Waals surface area contributed by atoms with Gasteiger partial charge in [-0.05, 0) is 89.5 Å². The molecule has 0 saturated carbocycles. The molecule has 70 heavy (non-hydrogen) atoms. The van der Waals surface area contributed by atoms with Gasteiger partial charge in [0.1, 0.15) is 58.9 Å². The van der Waals surface area contributed by atoms with Crippen molar-refractivity contribution in [2.24, 2.45) is 0 Å². The minimum absolute atomic E-state index is 0.0229. The number of aliphatic hydroxyl groups excluding tert-OH is 4. The van der Waals surface area contributed by atoms with Crippen LogP contribution in [0.25, 0.3) is 34.4 Å².